The molecule has 1 aliphatic heterocycles. The Morgan fingerprint density at radius 2 is 2.36 bits per heavy atom. The van der Waals surface area contributed by atoms with Crippen molar-refractivity contribution >= 4 is 22.6 Å². The van der Waals surface area contributed by atoms with Crippen LogP contribution in [0.25, 0.3) is 10.9 Å². The Morgan fingerprint density at radius 1 is 1.59 bits per heavy atom. The first-order valence-corrected chi connectivity index (χ1v) is 7.40. The van der Waals surface area contributed by atoms with Crippen molar-refractivity contribution in [3.63, 3.8) is 0 Å². The zero-order chi connectivity index (χ0) is 15.9. The van der Waals surface area contributed by atoms with Crippen LogP contribution >= 0.6 is 0 Å². The van der Waals surface area contributed by atoms with E-state index in [1.807, 2.05) is 14.0 Å². The molecule has 1 aromatic heterocycles. The maximum Gasteiger partial charge on any atom is 0.341 e. The molecule has 1 aromatic carbocycles. The molecule has 2 aromatic rings. The minimum Gasteiger partial charge on any atom is -0.478 e. The van der Waals surface area contributed by atoms with Crippen molar-refractivity contribution in [1.82, 2.24) is 15.1 Å². The first-order chi connectivity index (χ1) is 10.5. The number of aryl methyl sites for hydroxylation is 1. The highest BCUT2D eigenvalue weighted by Gasteiger charge is 2.27. The highest BCUT2D eigenvalue weighted by molar-refractivity contribution is 6.06. The van der Waals surface area contributed by atoms with Crippen LogP contribution < -0.4 is 10.2 Å². The van der Waals surface area contributed by atoms with E-state index in [0.717, 1.165) is 25.2 Å². The fourth-order valence-electron chi connectivity index (χ4n) is 3.02. The number of nitrogens with zero attached hydrogens (tertiary/aromatic N) is 3. The van der Waals surface area contributed by atoms with Crippen LogP contribution in [0.1, 0.15) is 23.7 Å². The van der Waals surface area contributed by atoms with Gasteiger partial charge in [-0.05, 0) is 26.5 Å². The van der Waals surface area contributed by atoms with Crippen LogP contribution in [0.3, 0.4) is 0 Å². The molecule has 0 spiro atoms. The van der Waals surface area contributed by atoms with Gasteiger partial charge in [0.2, 0.25) is 0 Å². The minimum atomic E-state index is -1.29. The number of likely N-dealkylation sites (N-methyl/N-ethyl adjacent to an activating group) is 1. The van der Waals surface area contributed by atoms with E-state index in [0.29, 0.717) is 18.0 Å². The average Bonchev–Trinajstić information content (AvgIpc) is 3.12. The number of halogens is 1. The molecule has 0 bridgehead atoms. The third kappa shape index (κ3) is 2.31. The smallest absolute Gasteiger partial charge is 0.341 e. The molecular formula is C15H19FN4O2. The second-order valence-corrected chi connectivity index (χ2v) is 5.53. The number of aromatic carboxylic acids is 1. The number of benzene rings is 1. The number of rotatable bonds is 4. The summed E-state index contributed by atoms with van der Waals surface area (Å²) in [6.07, 6.45) is 2.77. The quantitative estimate of drug-likeness (QED) is 0.899. The molecular weight excluding hydrogens is 287 g/mol. The van der Waals surface area contributed by atoms with Crippen molar-refractivity contribution in [2.75, 3.05) is 25.0 Å². The summed E-state index contributed by atoms with van der Waals surface area (Å²) in [5.74, 6) is -2.02. The van der Waals surface area contributed by atoms with Crippen LogP contribution in [0.4, 0.5) is 10.1 Å². The maximum absolute atomic E-state index is 14.3. The molecule has 1 fully saturated rings. The lowest BCUT2D eigenvalue weighted by Gasteiger charge is -2.20. The average molecular weight is 306 g/mol. The van der Waals surface area contributed by atoms with Gasteiger partial charge in [-0.3, -0.25) is 4.68 Å². The molecule has 6 nitrogen and oxygen atoms in total. The number of aromatic nitrogens is 2. The van der Waals surface area contributed by atoms with E-state index in [2.05, 4.69) is 15.3 Å². The number of carbonyl (C=O) groups is 1. The molecule has 2 N–H and O–H groups in total. The summed E-state index contributed by atoms with van der Waals surface area (Å²) in [6.45, 7) is 4.10. The molecule has 3 rings (SSSR count). The van der Waals surface area contributed by atoms with E-state index in [1.165, 1.54) is 6.07 Å². The summed E-state index contributed by atoms with van der Waals surface area (Å²) >= 11 is 0. The second kappa shape index (κ2) is 5.57. The summed E-state index contributed by atoms with van der Waals surface area (Å²) in [4.78, 5) is 13.4. The van der Waals surface area contributed by atoms with E-state index in [4.69, 9.17) is 0 Å². The lowest BCUT2D eigenvalue weighted by Crippen LogP contribution is -2.29. The minimum absolute atomic E-state index is 0.220. The fourth-order valence-corrected chi connectivity index (χ4v) is 3.02. The molecule has 22 heavy (non-hydrogen) atoms. The Kier molecular flexibility index (Phi) is 3.74. The zero-order valence-corrected chi connectivity index (χ0v) is 12.6. The number of hydrogen-bond donors (Lipinski definition) is 2. The zero-order valence-electron chi connectivity index (χ0n) is 12.6. The highest BCUT2D eigenvalue weighted by atomic mass is 19.1. The highest BCUT2D eigenvalue weighted by Crippen LogP contribution is 2.33. The molecule has 0 radical (unpaired) electrons. The number of anilines is 1. The SMILES string of the molecule is CCn1cc2c(N3CC[C@H](NC)C3)cc(F)c(C(=O)O)c2n1. The number of nitrogens with one attached hydrogen (secondary N) is 1. The molecule has 1 aliphatic rings. The van der Waals surface area contributed by atoms with Gasteiger partial charge in [0.25, 0.3) is 0 Å². The molecule has 1 atom stereocenters. The Labute approximate surface area is 127 Å². The summed E-state index contributed by atoms with van der Waals surface area (Å²) in [6, 6.07) is 1.68. The Balaban J connectivity index is 2.17. The molecule has 0 unspecified atom stereocenters. The molecule has 0 amide bonds. The first kappa shape index (κ1) is 14.8. The van der Waals surface area contributed by atoms with Crippen LogP contribution in [0.15, 0.2) is 12.3 Å². The molecule has 118 valence electrons. The van der Waals surface area contributed by atoms with Gasteiger partial charge < -0.3 is 15.3 Å². The first-order valence-electron chi connectivity index (χ1n) is 7.40. The fraction of sp³-hybridized carbons (Fsp3) is 0.467. The predicted octanol–water partition coefficient (Wildman–Crippen LogP) is 1.69. The van der Waals surface area contributed by atoms with Crippen LogP contribution in [0.2, 0.25) is 0 Å². The largest absolute Gasteiger partial charge is 0.478 e. The lowest BCUT2D eigenvalue weighted by molar-refractivity contribution is 0.0694. The van der Waals surface area contributed by atoms with E-state index in [1.54, 1.807) is 10.9 Å². The Hall–Kier alpha value is -2.15. The summed E-state index contributed by atoms with van der Waals surface area (Å²) < 4.78 is 15.9. The Bertz CT molecular complexity index is 728. The van der Waals surface area contributed by atoms with Crippen molar-refractivity contribution in [3.8, 4) is 0 Å². The van der Waals surface area contributed by atoms with Crippen LogP contribution in [-0.4, -0.2) is 47.0 Å². The second-order valence-electron chi connectivity index (χ2n) is 5.53. The van der Waals surface area contributed by atoms with Crippen molar-refractivity contribution in [2.24, 2.45) is 0 Å². The molecule has 1 saturated heterocycles. The summed E-state index contributed by atoms with van der Waals surface area (Å²) in [5.41, 5.74) is 0.586. The monoisotopic (exact) mass is 306 g/mol. The third-order valence-corrected chi connectivity index (χ3v) is 4.25. The molecule has 0 saturated carbocycles. The third-order valence-electron chi connectivity index (χ3n) is 4.25. The van der Waals surface area contributed by atoms with Crippen LogP contribution in [0, 0.1) is 5.82 Å². The maximum atomic E-state index is 14.3. The van der Waals surface area contributed by atoms with Gasteiger partial charge in [0, 0.05) is 37.3 Å². The van der Waals surface area contributed by atoms with E-state index >= 15 is 0 Å². The predicted molar refractivity (Wildman–Crippen MR) is 82.0 cm³/mol. The number of carboxylic acid groups (broad SMARTS) is 1. The van der Waals surface area contributed by atoms with Gasteiger partial charge in [-0.1, -0.05) is 0 Å². The molecule has 7 heteroatoms. The number of fused-ring (bicyclic) bond motifs is 1. The molecule has 0 aliphatic carbocycles. The van der Waals surface area contributed by atoms with Gasteiger partial charge in [-0.2, -0.15) is 5.10 Å². The normalized spacial score (nSPS) is 18.3. The topological polar surface area (TPSA) is 70.4 Å². The Morgan fingerprint density at radius 3 is 2.95 bits per heavy atom. The number of carboxylic acids is 1. The van der Waals surface area contributed by atoms with Gasteiger partial charge in [0.15, 0.2) is 0 Å². The van der Waals surface area contributed by atoms with Gasteiger partial charge in [0.05, 0.1) is 5.69 Å². The van der Waals surface area contributed by atoms with Gasteiger partial charge in [-0.15, -0.1) is 0 Å². The summed E-state index contributed by atoms with van der Waals surface area (Å²) in [7, 11) is 1.91. The van der Waals surface area contributed by atoms with Gasteiger partial charge in [0.1, 0.15) is 16.9 Å². The lowest BCUT2D eigenvalue weighted by atomic mass is 10.1. The summed E-state index contributed by atoms with van der Waals surface area (Å²) in [5, 5.41) is 17.4. The van der Waals surface area contributed by atoms with Crippen LogP contribution in [0.5, 0.6) is 0 Å². The standard InChI is InChI=1S/C15H19FN4O2/c1-3-20-8-10-12(19-5-4-9(7-19)17-2)6-11(16)13(15(21)22)14(10)18-20/h6,8-9,17H,3-5,7H2,1-2H3,(H,21,22)/t9-/m0/s1. The van der Waals surface area contributed by atoms with E-state index in [-0.39, 0.29) is 11.1 Å². The van der Waals surface area contributed by atoms with E-state index in [9.17, 15) is 14.3 Å². The van der Waals surface area contributed by atoms with Crippen molar-refractivity contribution in [2.45, 2.75) is 25.9 Å². The van der Waals surface area contributed by atoms with Crippen LogP contribution in [-0.2, 0) is 6.54 Å². The van der Waals surface area contributed by atoms with Gasteiger partial charge >= 0.3 is 5.97 Å². The van der Waals surface area contributed by atoms with Gasteiger partial charge in [-0.25, -0.2) is 9.18 Å². The van der Waals surface area contributed by atoms with Crippen molar-refractivity contribution in [1.29, 1.82) is 0 Å². The molecule has 2 heterocycles. The van der Waals surface area contributed by atoms with Crippen molar-refractivity contribution in [3.05, 3.63) is 23.6 Å². The van der Waals surface area contributed by atoms with E-state index < -0.39 is 11.8 Å². The number of hydrogen-bond acceptors (Lipinski definition) is 4. The van der Waals surface area contributed by atoms with Crippen molar-refractivity contribution < 1.29 is 14.3 Å².